The lowest BCUT2D eigenvalue weighted by molar-refractivity contribution is -0.137. The van der Waals surface area contributed by atoms with Crippen LogP contribution in [-0.4, -0.2) is 47.0 Å². The van der Waals surface area contributed by atoms with Gasteiger partial charge in [0, 0.05) is 0 Å². The second-order valence-corrected chi connectivity index (χ2v) is 6.00. The molecule has 0 saturated heterocycles. The summed E-state index contributed by atoms with van der Waals surface area (Å²) in [5.41, 5.74) is -0.114. The summed E-state index contributed by atoms with van der Waals surface area (Å²) in [5, 5.41) is 4.48. The van der Waals surface area contributed by atoms with E-state index in [1.54, 1.807) is 6.92 Å². The molecule has 0 bridgehead atoms. The number of benzene rings is 1. The first kappa shape index (κ1) is 20.4. The van der Waals surface area contributed by atoms with Crippen molar-refractivity contribution in [1.29, 1.82) is 0 Å². The average molecular weight is 410 g/mol. The highest BCUT2D eigenvalue weighted by atomic mass is 19.4. The Morgan fingerprint density at radius 2 is 1.72 bits per heavy atom. The lowest BCUT2D eigenvalue weighted by Crippen LogP contribution is -2.12. The summed E-state index contributed by atoms with van der Waals surface area (Å²) in [4.78, 5) is 20.5. The Morgan fingerprint density at radius 1 is 1.07 bits per heavy atom. The van der Waals surface area contributed by atoms with Crippen LogP contribution in [0.3, 0.4) is 0 Å². The van der Waals surface area contributed by atoms with E-state index in [2.05, 4.69) is 15.1 Å². The van der Waals surface area contributed by atoms with Gasteiger partial charge in [-0.1, -0.05) is 12.1 Å². The number of esters is 1. The average Bonchev–Trinajstić information content (AvgIpc) is 3.10. The molecule has 0 aliphatic rings. The molecule has 1 aromatic carbocycles. The van der Waals surface area contributed by atoms with Gasteiger partial charge in [0.2, 0.25) is 5.88 Å². The third-order valence-electron chi connectivity index (χ3n) is 4.34. The van der Waals surface area contributed by atoms with Gasteiger partial charge in [0.15, 0.2) is 11.3 Å². The quantitative estimate of drug-likeness (QED) is 0.597. The topological polar surface area (TPSA) is 88.4 Å². The molecule has 0 radical (unpaired) electrons. The number of hydrogen-bond acceptors (Lipinski definition) is 7. The van der Waals surface area contributed by atoms with E-state index < -0.39 is 23.8 Å². The van der Waals surface area contributed by atoms with Crippen LogP contribution in [0, 0.1) is 0 Å². The number of carbonyl (C=O) groups is 1. The summed E-state index contributed by atoms with van der Waals surface area (Å²) in [6.45, 7) is 1.71. The van der Waals surface area contributed by atoms with Gasteiger partial charge in [-0.05, 0) is 24.6 Å². The fourth-order valence-corrected chi connectivity index (χ4v) is 2.83. The molecular weight excluding hydrogens is 393 g/mol. The van der Waals surface area contributed by atoms with Crippen molar-refractivity contribution in [3.63, 3.8) is 0 Å². The van der Waals surface area contributed by atoms with E-state index in [9.17, 15) is 18.0 Å². The van der Waals surface area contributed by atoms with Gasteiger partial charge in [0.25, 0.3) is 0 Å². The van der Waals surface area contributed by atoms with Crippen LogP contribution in [0.5, 0.6) is 11.9 Å². The maximum Gasteiger partial charge on any atom is 0.416 e. The molecule has 0 saturated carbocycles. The first-order valence-corrected chi connectivity index (χ1v) is 8.35. The molecule has 2 heterocycles. The monoisotopic (exact) mass is 410 g/mol. The molecule has 0 fully saturated rings. The molecule has 2 aromatic heterocycles. The number of fused-ring (bicyclic) bond motifs is 1. The molecule has 0 N–H and O–H groups in total. The predicted molar refractivity (Wildman–Crippen MR) is 95.0 cm³/mol. The van der Waals surface area contributed by atoms with Gasteiger partial charge in [-0.2, -0.15) is 28.2 Å². The third-order valence-corrected chi connectivity index (χ3v) is 4.34. The largest absolute Gasteiger partial charge is 0.480 e. The van der Waals surface area contributed by atoms with E-state index in [0.29, 0.717) is 5.56 Å². The molecule has 0 aliphatic carbocycles. The Labute approximate surface area is 163 Å². The number of nitrogens with zero attached hydrogens (tertiary/aromatic N) is 4. The summed E-state index contributed by atoms with van der Waals surface area (Å²) in [6, 6.07) is 4.06. The number of carbonyl (C=O) groups excluding carboxylic acids is 1. The molecule has 0 spiro atoms. The van der Waals surface area contributed by atoms with Gasteiger partial charge in [-0.25, -0.2) is 9.48 Å². The molecule has 11 heteroatoms. The molecular formula is C18H17F3N4O4. The minimum absolute atomic E-state index is 0.0217. The molecule has 3 aromatic rings. The van der Waals surface area contributed by atoms with E-state index >= 15 is 0 Å². The number of rotatable bonds is 5. The molecule has 3 rings (SSSR count). The molecule has 1 unspecified atom stereocenters. The van der Waals surface area contributed by atoms with Crippen LogP contribution in [0.25, 0.3) is 11.0 Å². The maximum absolute atomic E-state index is 12.8. The van der Waals surface area contributed by atoms with Gasteiger partial charge in [0.05, 0.1) is 32.9 Å². The van der Waals surface area contributed by atoms with E-state index in [4.69, 9.17) is 14.2 Å². The van der Waals surface area contributed by atoms with Crippen LogP contribution in [0.2, 0.25) is 0 Å². The molecule has 0 amide bonds. The molecule has 8 nitrogen and oxygen atoms in total. The zero-order chi connectivity index (χ0) is 21.3. The highest BCUT2D eigenvalue weighted by Gasteiger charge is 2.31. The van der Waals surface area contributed by atoms with Crippen LogP contribution in [0.4, 0.5) is 13.2 Å². The van der Waals surface area contributed by atoms with E-state index in [0.717, 1.165) is 12.1 Å². The van der Waals surface area contributed by atoms with Crippen LogP contribution in [0.1, 0.15) is 34.6 Å². The molecule has 1 atom stereocenters. The summed E-state index contributed by atoms with van der Waals surface area (Å²) < 4.78 is 55.0. The van der Waals surface area contributed by atoms with Gasteiger partial charge in [0.1, 0.15) is 5.39 Å². The fraction of sp³-hybridized carbons (Fsp3) is 0.333. The van der Waals surface area contributed by atoms with Crippen molar-refractivity contribution in [2.45, 2.75) is 19.1 Å². The van der Waals surface area contributed by atoms with Gasteiger partial charge >= 0.3 is 18.2 Å². The smallest absolute Gasteiger partial charge is 0.416 e. The lowest BCUT2D eigenvalue weighted by atomic mass is 10.1. The normalized spacial score (nSPS) is 12.7. The molecule has 0 aliphatic heterocycles. The standard InChI is InChI=1S/C18H17F3N4O4/c1-9(10-5-7-11(8-6-10)18(19,20)21)25-14-12(13(24-25)16(26)28-3)15(27-2)23-17(22-14)29-4/h5-9H,1-4H3. The Kier molecular flexibility index (Phi) is 5.31. The summed E-state index contributed by atoms with van der Waals surface area (Å²) in [5.74, 6) is -0.682. The van der Waals surface area contributed by atoms with Crippen LogP contribution in [-0.2, 0) is 10.9 Å². The highest BCUT2D eigenvalue weighted by Crippen LogP contribution is 2.33. The summed E-state index contributed by atoms with van der Waals surface area (Å²) in [6.07, 6.45) is -4.44. The second kappa shape index (κ2) is 7.57. The Hall–Kier alpha value is -3.37. The zero-order valence-electron chi connectivity index (χ0n) is 15.9. The van der Waals surface area contributed by atoms with Crippen molar-refractivity contribution in [2.24, 2.45) is 0 Å². The number of ether oxygens (including phenoxy) is 3. The lowest BCUT2D eigenvalue weighted by Gasteiger charge is -2.15. The van der Waals surface area contributed by atoms with Crippen molar-refractivity contribution < 1.29 is 32.2 Å². The van der Waals surface area contributed by atoms with Gasteiger partial charge < -0.3 is 14.2 Å². The summed E-state index contributed by atoms with van der Waals surface area (Å²) in [7, 11) is 3.92. The number of alkyl halides is 3. The van der Waals surface area contributed by atoms with Crippen LogP contribution >= 0.6 is 0 Å². The number of halogens is 3. The van der Waals surface area contributed by atoms with E-state index in [-0.39, 0.29) is 28.6 Å². The molecule has 154 valence electrons. The maximum atomic E-state index is 12.8. The van der Waals surface area contributed by atoms with Crippen molar-refractivity contribution >= 4 is 17.0 Å². The number of hydrogen-bond donors (Lipinski definition) is 0. The molecule has 29 heavy (non-hydrogen) atoms. The fourth-order valence-electron chi connectivity index (χ4n) is 2.83. The summed E-state index contributed by atoms with van der Waals surface area (Å²) >= 11 is 0. The first-order chi connectivity index (χ1) is 13.7. The van der Waals surface area contributed by atoms with Crippen molar-refractivity contribution in [2.75, 3.05) is 21.3 Å². The van der Waals surface area contributed by atoms with Crippen molar-refractivity contribution in [3.05, 3.63) is 41.1 Å². The zero-order valence-corrected chi connectivity index (χ0v) is 15.9. The number of aromatic nitrogens is 4. The van der Waals surface area contributed by atoms with E-state index in [1.807, 2.05) is 0 Å². The number of methoxy groups -OCH3 is 3. The Bertz CT molecular complexity index is 1050. The second-order valence-electron chi connectivity index (χ2n) is 6.00. The van der Waals surface area contributed by atoms with Crippen molar-refractivity contribution in [3.8, 4) is 11.9 Å². The Balaban J connectivity index is 2.19. The van der Waals surface area contributed by atoms with Gasteiger partial charge in [-0.15, -0.1) is 0 Å². The minimum Gasteiger partial charge on any atom is -0.480 e. The van der Waals surface area contributed by atoms with Crippen LogP contribution < -0.4 is 9.47 Å². The first-order valence-electron chi connectivity index (χ1n) is 8.35. The van der Waals surface area contributed by atoms with Gasteiger partial charge in [-0.3, -0.25) is 0 Å². The van der Waals surface area contributed by atoms with E-state index in [1.165, 1.54) is 38.1 Å². The third kappa shape index (κ3) is 3.67. The highest BCUT2D eigenvalue weighted by molar-refractivity contribution is 6.03. The minimum atomic E-state index is -4.44. The SMILES string of the molecule is COC(=O)c1nn(C(C)c2ccc(C(F)(F)F)cc2)c2nc(OC)nc(OC)c12. The Morgan fingerprint density at radius 3 is 2.24 bits per heavy atom. The van der Waals surface area contributed by atoms with Crippen molar-refractivity contribution in [1.82, 2.24) is 19.7 Å². The predicted octanol–water partition coefficient (Wildman–Crippen LogP) is 3.26. The van der Waals surface area contributed by atoms with Crippen LogP contribution in [0.15, 0.2) is 24.3 Å².